The standard InChI is InChI=1S/C14H26NO2.C11H20NO2/c1-4-5-8-15(9-6-7-10-15)11-12-17-14(16)13(2)3;1-10(2)11(13)14-9-8-12(3)6-4-5-7-12/h2,4-12H2,1,3H3;1,4-9H2,2-3H3/q2*+1. The summed E-state index contributed by atoms with van der Waals surface area (Å²) in [4.78, 5) is 22.4. The number of nitrogens with zero attached hydrogens (tertiary/aromatic N) is 2. The lowest BCUT2D eigenvalue weighted by atomic mass is 10.2. The number of likely N-dealkylation sites (N-methyl/N-ethyl adjacent to an activating group) is 1. The maximum absolute atomic E-state index is 11.3. The van der Waals surface area contributed by atoms with Crippen LogP contribution in [0.1, 0.15) is 59.3 Å². The van der Waals surface area contributed by atoms with Gasteiger partial charge in [-0.1, -0.05) is 26.5 Å². The Morgan fingerprint density at radius 3 is 1.68 bits per heavy atom. The molecule has 0 radical (unpaired) electrons. The van der Waals surface area contributed by atoms with Gasteiger partial charge in [-0.3, -0.25) is 0 Å². The second-order valence-electron chi connectivity index (χ2n) is 9.63. The Balaban J connectivity index is 0.000000316. The minimum atomic E-state index is -0.268. The molecule has 2 aliphatic heterocycles. The third-order valence-corrected chi connectivity index (χ3v) is 6.51. The molecule has 0 aliphatic carbocycles. The molecule has 0 aromatic carbocycles. The summed E-state index contributed by atoms with van der Waals surface area (Å²) in [5.74, 6) is -0.520. The number of hydrogen-bond acceptors (Lipinski definition) is 4. The van der Waals surface area contributed by atoms with Crippen LogP contribution in [0.25, 0.3) is 0 Å². The average molecular weight is 439 g/mol. The van der Waals surface area contributed by atoms with Crippen molar-refractivity contribution in [2.24, 2.45) is 0 Å². The van der Waals surface area contributed by atoms with Crippen LogP contribution in [0.5, 0.6) is 0 Å². The van der Waals surface area contributed by atoms with E-state index in [1.165, 1.54) is 71.2 Å². The van der Waals surface area contributed by atoms with Gasteiger partial charge in [-0.15, -0.1) is 0 Å². The largest absolute Gasteiger partial charge is 0.456 e. The molecule has 2 aliphatic rings. The zero-order chi connectivity index (χ0) is 23.3. The lowest BCUT2D eigenvalue weighted by Crippen LogP contribution is -2.48. The highest BCUT2D eigenvalue weighted by Crippen LogP contribution is 2.20. The number of carbonyl (C=O) groups is 2. The van der Waals surface area contributed by atoms with Gasteiger partial charge in [0.15, 0.2) is 0 Å². The zero-order valence-electron chi connectivity index (χ0n) is 20.5. The van der Waals surface area contributed by atoms with Crippen LogP contribution in [0.4, 0.5) is 0 Å². The van der Waals surface area contributed by atoms with Gasteiger partial charge in [0.1, 0.15) is 26.3 Å². The molecule has 0 spiro atoms. The van der Waals surface area contributed by atoms with Crippen molar-refractivity contribution in [2.45, 2.75) is 59.3 Å². The summed E-state index contributed by atoms with van der Waals surface area (Å²) < 4.78 is 12.5. The first-order chi connectivity index (χ1) is 14.6. The predicted octanol–water partition coefficient (Wildman–Crippen LogP) is 3.86. The Bertz CT molecular complexity index is 603. The van der Waals surface area contributed by atoms with E-state index in [1.54, 1.807) is 13.8 Å². The molecule has 6 nitrogen and oxygen atoms in total. The lowest BCUT2D eigenvalue weighted by Gasteiger charge is -2.34. The fraction of sp³-hybridized carbons (Fsp3) is 0.760. The summed E-state index contributed by atoms with van der Waals surface area (Å²) in [6.45, 7) is 21.9. The van der Waals surface area contributed by atoms with Crippen LogP contribution < -0.4 is 0 Å². The van der Waals surface area contributed by atoms with Gasteiger partial charge in [-0.05, 0) is 20.3 Å². The molecule has 2 heterocycles. The van der Waals surface area contributed by atoms with Crippen molar-refractivity contribution in [3.63, 3.8) is 0 Å². The minimum Gasteiger partial charge on any atom is -0.456 e. The van der Waals surface area contributed by atoms with Crippen molar-refractivity contribution in [3.8, 4) is 0 Å². The van der Waals surface area contributed by atoms with E-state index in [0.717, 1.165) is 22.1 Å². The molecule has 2 saturated heterocycles. The minimum absolute atomic E-state index is 0.252. The fourth-order valence-corrected chi connectivity index (χ4v) is 4.32. The SMILES string of the molecule is C=C(C)C(=O)OCC[N+]1(C)CCCC1.C=C(C)C(=O)OCC[N+]1(CCCC)CCCC1. The summed E-state index contributed by atoms with van der Waals surface area (Å²) in [5, 5.41) is 0. The van der Waals surface area contributed by atoms with E-state index in [9.17, 15) is 9.59 Å². The molecule has 178 valence electrons. The van der Waals surface area contributed by atoms with E-state index < -0.39 is 0 Å². The zero-order valence-corrected chi connectivity index (χ0v) is 20.5. The summed E-state index contributed by atoms with van der Waals surface area (Å²) in [7, 11) is 2.22. The lowest BCUT2D eigenvalue weighted by molar-refractivity contribution is -0.917. The molecule has 31 heavy (non-hydrogen) atoms. The molecule has 0 bridgehead atoms. The first-order valence-electron chi connectivity index (χ1n) is 12.0. The van der Waals surface area contributed by atoms with E-state index in [0.29, 0.717) is 24.4 Å². The van der Waals surface area contributed by atoms with Gasteiger partial charge in [-0.25, -0.2) is 9.59 Å². The van der Waals surface area contributed by atoms with Crippen LogP contribution in [-0.4, -0.2) is 87.0 Å². The fourth-order valence-electron chi connectivity index (χ4n) is 4.32. The number of esters is 2. The smallest absolute Gasteiger partial charge is 0.333 e. The maximum atomic E-state index is 11.3. The quantitative estimate of drug-likeness (QED) is 0.279. The van der Waals surface area contributed by atoms with Gasteiger partial charge >= 0.3 is 11.9 Å². The van der Waals surface area contributed by atoms with E-state index in [2.05, 4.69) is 27.1 Å². The second kappa shape index (κ2) is 13.7. The number of carbonyl (C=O) groups excluding carboxylic acids is 2. The molecule has 6 heteroatoms. The number of unbranched alkanes of at least 4 members (excludes halogenated alkanes) is 1. The molecule has 0 amide bonds. The highest BCUT2D eigenvalue weighted by Gasteiger charge is 2.31. The molecular weight excluding hydrogens is 392 g/mol. The molecule has 2 fully saturated rings. The van der Waals surface area contributed by atoms with Crippen molar-refractivity contribution in [3.05, 3.63) is 24.3 Å². The normalized spacial score (nSPS) is 18.6. The molecule has 0 N–H and O–H groups in total. The molecular formula is C25H46N2O4+2. The van der Waals surface area contributed by atoms with E-state index in [1.807, 2.05) is 0 Å². The number of rotatable bonds is 11. The van der Waals surface area contributed by atoms with Crippen LogP contribution in [0.2, 0.25) is 0 Å². The molecule has 0 aromatic rings. The van der Waals surface area contributed by atoms with Gasteiger partial charge in [0.05, 0.1) is 39.8 Å². The summed E-state index contributed by atoms with van der Waals surface area (Å²) in [5.41, 5.74) is 0.973. The number of likely N-dealkylation sites (tertiary alicyclic amines) is 2. The molecule has 0 saturated carbocycles. The third-order valence-electron chi connectivity index (χ3n) is 6.51. The van der Waals surface area contributed by atoms with Crippen molar-refractivity contribution < 1.29 is 28.0 Å². The van der Waals surface area contributed by atoms with Crippen molar-refractivity contribution in [1.29, 1.82) is 0 Å². The van der Waals surface area contributed by atoms with Crippen LogP contribution in [0.15, 0.2) is 24.3 Å². The highest BCUT2D eigenvalue weighted by molar-refractivity contribution is 5.87. The van der Waals surface area contributed by atoms with Gasteiger partial charge in [0.2, 0.25) is 0 Å². The van der Waals surface area contributed by atoms with E-state index in [-0.39, 0.29) is 11.9 Å². The van der Waals surface area contributed by atoms with Crippen LogP contribution in [0, 0.1) is 0 Å². The maximum Gasteiger partial charge on any atom is 0.333 e. The van der Waals surface area contributed by atoms with Crippen molar-refractivity contribution >= 4 is 11.9 Å². The van der Waals surface area contributed by atoms with Crippen molar-refractivity contribution in [1.82, 2.24) is 0 Å². The van der Waals surface area contributed by atoms with Crippen LogP contribution >= 0.6 is 0 Å². The number of quaternary nitrogens is 2. The molecule has 0 aromatic heterocycles. The summed E-state index contributed by atoms with van der Waals surface area (Å²) in [6.07, 6.45) is 7.74. The van der Waals surface area contributed by atoms with Crippen LogP contribution in [0.3, 0.4) is 0 Å². The molecule has 2 rings (SSSR count). The number of ether oxygens (including phenoxy) is 2. The summed E-state index contributed by atoms with van der Waals surface area (Å²) >= 11 is 0. The van der Waals surface area contributed by atoms with Crippen LogP contribution in [-0.2, 0) is 19.1 Å². The Hall–Kier alpha value is -1.66. The van der Waals surface area contributed by atoms with Gasteiger partial charge in [-0.2, -0.15) is 0 Å². The Morgan fingerprint density at radius 2 is 1.23 bits per heavy atom. The Morgan fingerprint density at radius 1 is 0.774 bits per heavy atom. The monoisotopic (exact) mass is 438 g/mol. The average Bonchev–Trinajstić information content (AvgIpc) is 3.36. The Kier molecular flexibility index (Phi) is 12.1. The molecule has 0 atom stereocenters. The first kappa shape index (κ1) is 27.4. The third kappa shape index (κ3) is 10.5. The second-order valence-corrected chi connectivity index (χ2v) is 9.63. The highest BCUT2D eigenvalue weighted by atomic mass is 16.5. The molecule has 0 unspecified atom stereocenters. The predicted molar refractivity (Wildman–Crippen MR) is 125 cm³/mol. The number of hydrogen-bond donors (Lipinski definition) is 0. The van der Waals surface area contributed by atoms with E-state index in [4.69, 9.17) is 9.47 Å². The summed E-state index contributed by atoms with van der Waals surface area (Å²) in [6, 6.07) is 0. The first-order valence-corrected chi connectivity index (χ1v) is 12.0. The Labute approximate surface area is 190 Å². The van der Waals surface area contributed by atoms with Gasteiger partial charge < -0.3 is 18.4 Å². The van der Waals surface area contributed by atoms with Gasteiger partial charge in [0, 0.05) is 36.8 Å². The van der Waals surface area contributed by atoms with Gasteiger partial charge in [0.25, 0.3) is 0 Å². The van der Waals surface area contributed by atoms with Crippen molar-refractivity contribution in [2.75, 3.05) is 66.1 Å². The topological polar surface area (TPSA) is 52.6 Å². The van der Waals surface area contributed by atoms with E-state index >= 15 is 0 Å².